The zero-order chi connectivity index (χ0) is 36.4. The van der Waals surface area contributed by atoms with Crippen LogP contribution in [-0.4, -0.2) is 13.4 Å². The maximum Gasteiger partial charge on any atom is 0.308 e. The van der Waals surface area contributed by atoms with Gasteiger partial charge >= 0.3 is 13.4 Å². The topological polar surface area (TPSA) is 0 Å². The molecule has 0 aromatic heterocycles. The molecule has 22 heteroatoms. The molecule has 0 bridgehead atoms. The van der Waals surface area contributed by atoms with E-state index in [0.717, 1.165) is 11.6 Å². The van der Waals surface area contributed by atoms with Crippen molar-refractivity contribution in [2.45, 2.75) is 0 Å². The van der Waals surface area contributed by atoms with Gasteiger partial charge in [-0.15, -0.1) is 0 Å². The Balaban J connectivity index is 2.27. The van der Waals surface area contributed by atoms with Crippen molar-refractivity contribution in [1.82, 2.24) is 0 Å². The van der Waals surface area contributed by atoms with E-state index >= 15 is 0 Å². The lowest BCUT2D eigenvalue weighted by Crippen LogP contribution is -2.52. The molecule has 0 unspecified atom stereocenters. The van der Waals surface area contributed by atoms with Crippen LogP contribution in [0.5, 0.6) is 0 Å². The van der Waals surface area contributed by atoms with E-state index in [1.54, 1.807) is 0 Å². The zero-order valence-corrected chi connectivity index (χ0v) is 21.7. The smallest absolute Gasteiger partial charge is 0.204 e. The summed E-state index contributed by atoms with van der Waals surface area (Å²) in [4.78, 5) is 0. The monoisotopic (exact) mass is 714 g/mol. The van der Waals surface area contributed by atoms with Gasteiger partial charge in [0.05, 0.1) is 0 Å². The van der Waals surface area contributed by atoms with Gasteiger partial charge in [-0.3, -0.25) is 0 Å². The van der Waals surface area contributed by atoms with Crippen molar-refractivity contribution < 1.29 is 87.8 Å². The number of hydrogen-bond acceptors (Lipinski definition) is 0. The van der Waals surface area contributed by atoms with Gasteiger partial charge in [-0.25, -0.2) is 87.8 Å². The Morgan fingerprint density at radius 1 is 0.188 bits per heavy atom. The van der Waals surface area contributed by atoms with Crippen molar-refractivity contribution >= 4 is 35.3 Å². The van der Waals surface area contributed by atoms with E-state index in [4.69, 9.17) is 0 Å². The first-order valence-corrected chi connectivity index (χ1v) is 11.8. The minimum Gasteiger partial charge on any atom is -0.204 e. The van der Waals surface area contributed by atoms with Crippen molar-refractivity contribution in [3.63, 3.8) is 0 Å². The lowest BCUT2D eigenvalue weighted by molar-refractivity contribution is 0.382. The summed E-state index contributed by atoms with van der Waals surface area (Å²) in [7, 11) is 0. The van der Waals surface area contributed by atoms with Crippen LogP contribution < -0.4 is 21.9 Å². The molecule has 250 valence electrons. The van der Waals surface area contributed by atoms with E-state index < -0.39 is 152 Å². The second-order valence-electron chi connectivity index (χ2n) is 9.09. The average molecular weight is 714 g/mol. The van der Waals surface area contributed by atoms with Crippen LogP contribution in [0.1, 0.15) is 0 Å². The number of halogens is 20. The van der Waals surface area contributed by atoms with E-state index in [2.05, 4.69) is 0 Å². The molecule has 0 heterocycles. The number of rotatable bonds is 4. The van der Waals surface area contributed by atoms with Gasteiger partial charge in [0.25, 0.3) is 0 Å². The predicted molar refractivity (Wildman–Crippen MR) is 123 cm³/mol. The van der Waals surface area contributed by atoms with Crippen molar-refractivity contribution in [3.05, 3.63) is 116 Å². The predicted octanol–water partition coefficient (Wildman–Crippen LogP) is 5.47. The highest BCUT2D eigenvalue weighted by molar-refractivity contribution is 6.96. The van der Waals surface area contributed by atoms with Gasteiger partial charge in [0.1, 0.15) is 0 Å². The Bertz CT molecular complexity index is 1720. The quantitative estimate of drug-likeness (QED) is 0.0867. The van der Waals surface area contributed by atoms with E-state index in [0.29, 0.717) is 0 Å². The van der Waals surface area contributed by atoms with Crippen LogP contribution in [0.3, 0.4) is 0 Å². The van der Waals surface area contributed by atoms with Gasteiger partial charge in [0.2, 0.25) is 0 Å². The van der Waals surface area contributed by atoms with Crippen molar-refractivity contribution in [2.24, 2.45) is 0 Å². The minimum absolute atomic E-state index is 0.911. The molecule has 4 rings (SSSR count). The Hall–Kier alpha value is -4.83. The van der Waals surface area contributed by atoms with Crippen LogP contribution in [0, 0.1) is 128 Å². The second kappa shape index (κ2) is 12.6. The van der Waals surface area contributed by atoms with Gasteiger partial charge in [-0.05, 0) is 0 Å². The molecule has 0 spiro atoms. The lowest BCUT2D eigenvalue weighted by atomic mass is 9.36. The molecule has 0 nitrogen and oxygen atoms in total. The van der Waals surface area contributed by atoms with Crippen LogP contribution in [0.4, 0.5) is 87.8 Å². The molecule has 0 aliphatic carbocycles. The standard InChI is InChI=1S/C26B2F20/c29-7-3(8(30)16(38)23(45)15(7)37)27(4-9(31)17(39)24(46)18(40)10(4)32)1-2-28(5-11(33)19(41)25(47)20(42)12(5)34)6-13(35)21(43)26(48)22(44)14(6)36. The molecule has 4 aromatic rings. The molecule has 48 heavy (non-hydrogen) atoms. The molecule has 0 atom stereocenters. The SMILES string of the molecule is Fc1c(F)c(F)c(B(C#CB(c2c(F)c(F)c(F)c(F)c2F)c2c(F)c(F)c(F)c(F)c2F)c2c(F)c(F)c(F)c(F)c2F)c(F)c1F. The number of hydrogen-bond donors (Lipinski definition) is 0. The maximum absolute atomic E-state index is 14.8. The van der Waals surface area contributed by atoms with Crippen LogP contribution in [-0.2, 0) is 0 Å². The summed E-state index contributed by atoms with van der Waals surface area (Å²) in [6, 6.07) is 0. The fraction of sp³-hybridized carbons (Fsp3) is 0. The first-order valence-electron chi connectivity index (χ1n) is 11.8. The summed E-state index contributed by atoms with van der Waals surface area (Å²) in [5.74, 6) is -59.6. The normalized spacial score (nSPS) is 11.2. The van der Waals surface area contributed by atoms with Crippen LogP contribution in [0.2, 0.25) is 0 Å². The third kappa shape index (κ3) is 5.28. The highest BCUT2D eigenvalue weighted by Gasteiger charge is 2.42. The van der Waals surface area contributed by atoms with E-state index in [1.165, 1.54) is 0 Å². The highest BCUT2D eigenvalue weighted by atomic mass is 19.2. The largest absolute Gasteiger partial charge is 0.308 e. The molecular formula is C26B2F20. The van der Waals surface area contributed by atoms with E-state index in [-0.39, 0.29) is 0 Å². The molecule has 0 fully saturated rings. The average Bonchev–Trinajstić information content (AvgIpc) is 3.06. The third-order valence-corrected chi connectivity index (χ3v) is 6.50. The number of benzene rings is 4. The molecule has 4 aromatic carbocycles. The molecule has 0 amide bonds. The fourth-order valence-electron chi connectivity index (χ4n) is 4.25. The van der Waals surface area contributed by atoms with Gasteiger partial charge in [-0.1, -0.05) is 0 Å². The summed E-state index contributed by atoms with van der Waals surface area (Å²) in [5.41, 5.74) is -10.6. The second-order valence-corrected chi connectivity index (χ2v) is 9.09. The Morgan fingerprint density at radius 2 is 0.292 bits per heavy atom. The molecule has 0 N–H and O–H groups in total. The molecule has 0 radical (unpaired) electrons. The van der Waals surface area contributed by atoms with Gasteiger partial charge < -0.3 is 0 Å². The van der Waals surface area contributed by atoms with Gasteiger partial charge in [0, 0.05) is 21.9 Å². The summed E-state index contributed by atoms with van der Waals surface area (Å²) >= 11 is 0. The first kappa shape index (κ1) is 36.0. The lowest BCUT2D eigenvalue weighted by Gasteiger charge is -2.17. The summed E-state index contributed by atoms with van der Waals surface area (Å²) in [6.07, 6.45) is 0. The minimum atomic E-state index is -3.84. The zero-order valence-electron chi connectivity index (χ0n) is 21.7. The van der Waals surface area contributed by atoms with E-state index in [9.17, 15) is 87.8 Å². The maximum atomic E-state index is 14.8. The van der Waals surface area contributed by atoms with Crippen molar-refractivity contribution in [1.29, 1.82) is 0 Å². The molecule has 0 aliphatic heterocycles. The van der Waals surface area contributed by atoms with Gasteiger partial charge in [0.15, 0.2) is 116 Å². The van der Waals surface area contributed by atoms with Crippen LogP contribution >= 0.6 is 0 Å². The van der Waals surface area contributed by atoms with Gasteiger partial charge in [-0.2, -0.15) is 11.6 Å². The van der Waals surface area contributed by atoms with Crippen molar-refractivity contribution in [3.8, 4) is 11.6 Å². The highest BCUT2D eigenvalue weighted by Crippen LogP contribution is 2.23. The Kier molecular flexibility index (Phi) is 9.49. The van der Waals surface area contributed by atoms with Crippen LogP contribution in [0.25, 0.3) is 0 Å². The molecule has 0 aliphatic rings. The molecule has 0 saturated carbocycles. The summed E-state index contributed by atoms with van der Waals surface area (Å²) in [5, 5.41) is 0. The van der Waals surface area contributed by atoms with E-state index in [1.807, 2.05) is 0 Å². The fourth-order valence-corrected chi connectivity index (χ4v) is 4.25. The summed E-state index contributed by atoms with van der Waals surface area (Å²) < 4.78 is 286. The first-order chi connectivity index (χ1) is 22.2. The third-order valence-electron chi connectivity index (χ3n) is 6.50. The van der Waals surface area contributed by atoms with Crippen LogP contribution in [0.15, 0.2) is 0 Å². The molecular weight excluding hydrogens is 714 g/mol. The Morgan fingerprint density at radius 3 is 0.417 bits per heavy atom. The van der Waals surface area contributed by atoms with Crippen molar-refractivity contribution in [2.75, 3.05) is 0 Å². The molecule has 0 saturated heterocycles. The summed E-state index contributed by atoms with van der Waals surface area (Å²) in [6.45, 7) is -7.69. The Labute approximate surface area is 251 Å².